The van der Waals surface area contributed by atoms with E-state index in [9.17, 15) is 0 Å². The predicted octanol–water partition coefficient (Wildman–Crippen LogP) is 11.4. The third-order valence-electron chi connectivity index (χ3n) is 8.21. The molecule has 0 bridgehead atoms. The summed E-state index contributed by atoms with van der Waals surface area (Å²) in [5.74, 6) is 3.17. The zero-order chi connectivity index (χ0) is 30.2. The van der Waals surface area contributed by atoms with Crippen molar-refractivity contribution in [2.45, 2.75) is 79.3 Å². The molecule has 0 unspecified atom stereocenters. The molecule has 0 amide bonds. The molecule has 6 rings (SSSR count). The van der Waals surface area contributed by atoms with Crippen molar-refractivity contribution in [3.63, 3.8) is 0 Å². The van der Waals surface area contributed by atoms with Crippen molar-refractivity contribution >= 4 is 22.5 Å². The second kappa shape index (κ2) is 16.0. The summed E-state index contributed by atoms with van der Waals surface area (Å²) in [5.41, 5.74) is 14.3. The quantitative estimate of drug-likeness (QED) is 0.148. The van der Waals surface area contributed by atoms with Gasteiger partial charge in [-0.25, -0.2) is 0 Å². The Morgan fingerprint density at radius 1 is 0.595 bits per heavy atom. The second-order valence-electron chi connectivity index (χ2n) is 11.9. The van der Waals surface area contributed by atoms with Crippen LogP contribution in [-0.2, 0) is 56.5 Å². The molecule has 0 fully saturated rings. The standard InChI is InChI=1S/2C18H19.C2H6Si.2ClH.Zr/c2*1-3-14-7-9-15(10-8-14)17-6-4-5-16-11-13(2)12-18(16)17;1-3-2;;;/h2*4-10H,3,11-12H2,1-2H3;1-2H3;2*1H;/q2*-1;;;;+2/p-2. The van der Waals surface area contributed by atoms with Crippen molar-refractivity contribution in [2.75, 3.05) is 0 Å². The van der Waals surface area contributed by atoms with Gasteiger partial charge in [-0.15, -0.1) is 0 Å². The van der Waals surface area contributed by atoms with E-state index in [1.807, 2.05) is 0 Å². The van der Waals surface area contributed by atoms with Gasteiger partial charge in [0.25, 0.3) is 0 Å². The summed E-state index contributed by atoms with van der Waals surface area (Å²) in [5, 5.41) is 0. The summed E-state index contributed by atoms with van der Waals surface area (Å²) in [6.45, 7) is 13.3. The van der Waals surface area contributed by atoms with Crippen LogP contribution in [-0.4, -0.2) is 5.43 Å². The van der Waals surface area contributed by atoms with Crippen LogP contribution in [0.5, 0.6) is 0 Å². The van der Waals surface area contributed by atoms with E-state index in [0.717, 1.165) is 38.5 Å². The molecule has 0 radical (unpaired) electrons. The molecule has 0 aliphatic heterocycles. The molecule has 2 aliphatic carbocycles. The fourth-order valence-electron chi connectivity index (χ4n) is 5.78. The normalized spacial score (nSPS) is 13.8. The van der Waals surface area contributed by atoms with E-state index < -0.39 is 18.0 Å². The number of benzene rings is 4. The zero-order valence-corrected chi connectivity index (χ0v) is 31.1. The van der Waals surface area contributed by atoms with Crippen molar-refractivity contribution in [1.82, 2.24) is 0 Å². The van der Waals surface area contributed by atoms with Crippen LogP contribution >= 0.6 is 17.0 Å². The summed E-state index contributed by atoms with van der Waals surface area (Å²) in [6.07, 6.45) is 6.86. The monoisotopic (exact) mass is 688 g/mol. The average molecular weight is 691 g/mol. The number of rotatable bonds is 4. The van der Waals surface area contributed by atoms with Gasteiger partial charge in [-0.2, -0.15) is 39.5 Å². The van der Waals surface area contributed by atoms with E-state index in [1.165, 1.54) is 44.5 Å². The van der Waals surface area contributed by atoms with Crippen LogP contribution in [0.3, 0.4) is 0 Å². The third-order valence-corrected chi connectivity index (χ3v) is 28.0. The van der Waals surface area contributed by atoms with Crippen molar-refractivity contribution in [2.24, 2.45) is 0 Å². The Morgan fingerprint density at radius 2 is 0.952 bits per heavy atom. The third kappa shape index (κ3) is 8.81. The Hall–Kier alpha value is -1.44. The van der Waals surface area contributed by atoms with Gasteiger partial charge in [0.1, 0.15) is 0 Å². The fourth-order valence-corrected chi connectivity index (χ4v) is 5.78. The van der Waals surface area contributed by atoms with Gasteiger partial charge in [-0.05, 0) is 46.2 Å². The van der Waals surface area contributed by atoms with Gasteiger partial charge in [0.15, 0.2) is 0 Å². The first kappa shape index (κ1) is 33.5. The molecule has 0 aromatic heterocycles. The second-order valence-corrected chi connectivity index (χ2v) is 34.8. The van der Waals surface area contributed by atoms with Crippen LogP contribution in [0.25, 0.3) is 22.3 Å². The molecule has 0 N–H and O–H groups in total. The van der Waals surface area contributed by atoms with Crippen molar-refractivity contribution in [3.8, 4) is 22.3 Å². The van der Waals surface area contributed by atoms with Crippen LogP contribution in [0.15, 0.2) is 84.9 Å². The predicted molar refractivity (Wildman–Crippen MR) is 184 cm³/mol. The average Bonchev–Trinajstić information content (AvgIpc) is 3.58. The molecule has 0 saturated heterocycles. The van der Waals surface area contributed by atoms with Crippen molar-refractivity contribution < 1.29 is 18.0 Å². The first-order chi connectivity index (χ1) is 20.2. The Labute approximate surface area is 270 Å². The number of fused-ring (bicyclic) bond motifs is 2. The van der Waals surface area contributed by atoms with Gasteiger partial charge in [0.05, 0.1) is 0 Å². The van der Waals surface area contributed by atoms with Crippen LogP contribution in [0, 0.1) is 11.8 Å². The molecular weight excluding hydrogens is 647 g/mol. The molecule has 0 atom stereocenters. The summed E-state index contributed by atoms with van der Waals surface area (Å²) >= 11 is -1.65. The van der Waals surface area contributed by atoms with Gasteiger partial charge in [0.2, 0.25) is 0 Å². The van der Waals surface area contributed by atoms with E-state index in [0.29, 0.717) is 0 Å². The van der Waals surface area contributed by atoms with E-state index in [-0.39, 0.29) is 5.43 Å². The topological polar surface area (TPSA) is 0 Å². The Bertz CT molecular complexity index is 1380. The van der Waals surface area contributed by atoms with E-state index >= 15 is 0 Å². The molecule has 2 aliphatic rings. The van der Waals surface area contributed by atoms with E-state index in [1.54, 1.807) is 23.0 Å². The molecule has 0 saturated carbocycles. The minimum atomic E-state index is -1.65. The number of hydrogen-bond acceptors (Lipinski definition) is 0. The maximum absolute atomic E-state index is 5.62. The van der Waals surface area contributed by atoms with Crippen LogP contribution in [0.2, 0.25) is 13.1 Å². The molecule has 4 heteroatoms. The Kier molecular flexibility index (Phi) is 12.8. The van der Waals surface area contributed by atoms with Gasteiger partial charge >= 0.3 is 53.5 Å². The van der Waals surface area contributed by atoms with Crippen LogP contribution in [0.1, 0.15) is 61.1 Å². The number of aryl methyl sites for hydroxylation is 2. The number of hydrogen-bond donors (Lipinski definition) is 0. The first-order valence-electron chi connectivity index (χ1n) is 15.2. The Balaban J connectivity index is 0.000000162. The summed E-state index contributed by atoms with van der Waals surface area (Å²) < 4.78 is 0. The maximum atomic E-state index is 5.62. The summed E-state index contributed by atoms with van der Waals surface area (Å²) in [4.78, 5) is 0. The van der Waals surface area contributed by atoms with E-state index in [2.05, 4.69) is 126 Å². The molecule has 0 nitrogen and oxygen atoms in total. The Morgan fingerprint density at radius 3 is 1.26 bits per heavy atom. The van der Waals surface area contributed by atoms with Crippen LogP contribution in [0.4, 0.5) is 0 Å². The molecule has 4 aromatic carbocycles. The van der Waals surface area contributed by atoms with Gasteiger partial charge < -0.3 is 11.8 Å². The molecule has 220 valence electrons. The summed E-state index contributed by atoms with van der Waals surface area (Å²) in [7, 11) is 11.2. The minimum absolute atomic E-state index is 0.224. The molecule has 0 spiro atoms. The first-order valence-corrected chi connectivity index (χ1v) is 27.7. The molecule has 4 aromatic rings. The van der Waals surface area contributed by atoms with Crippen molar-refractivity contribution in [3.05, 3.63) is 130 Å². The zero-order valence-electron chi connectivity index (χ0n) is 26.1. The van der Waals surface area contributed by atoms with Gasteiger partial charge in [-0.1, -0.05) is 121 Å². The number of halogens is 2. The SMILES string of the molecule is CCc1ccc(-c2cccc3c2C[C-](C)C3)cc1.CCc1ccc(-c2cccc3c2C[C-](C)C3)cc1.C[Si](C)=[Zr]([Cl])[Cl]. The van der Waals surface area contributed by atoms with Crippen molar-refractivity contribution in [1.29, 1.82) is 0 Å². The molecule has 0 heterocycles. The molecule has 42 heavy (non-hydrogen) atoms. The summed E-state index contributed by atoms with van der Waals surface area (Å²) in [6, 6.07) is 31.5. The van der Waals surface area contributed by atoms with Gasteiger partial charge in [0, 0.05) is 0 Å². The van der Waals surface area contributed by atoms with E-state index in [4.69, 9.17) is 17.0 Å². The molecular formula is C38H44Cl2SiZr-2. The van der Waals surface area contributed by atoms with Crippen LogP contribution < -0.4 is 0 Å². The fraction of sp³-hybridized carbons (Fsp3) is 0.316. The van der Waals surface area contributed by atoms with Gasteiger partial charge in [-0.3, -0.25) is 0 Å².